The molecule has 1 amide bonds. The molecule has 0 aliphatic heterocycles. The normalized spacial score (nSPS) is 12.2. The second-order valence-electron chi connectivity index (χ2n) is 5.32. The Morgan fingerprint density at radius 3 is 2.73 bits per heavy atom. The fraction of sp³-hybridized carbons (Fsp3) is 0.167. The molecule has 0 bridgehead atoms. The van der Waals surface area contributed by atoms with Crippen molar-refractivity contribution in [3.05, 3.63) is 71.9 Å². The number of aromatic amines is 1. The van der Waals surface area contributed by atoms with Crippen LogP contribution in [0.4, 0.5) is 0 Å². The molecule has 0 saturated heterocycles. The lowest BCUT2D eigenvalue weighted by Gasteiger charge is -2.16. The molecule has 3 N–H and O–H groups in total. The second-order valence-corrected chi connectivity index (χ2v) is 5.32. The number of H-pyrrole nitrogens is 1. The number of aliphatic hydroxyl groups is 1. The van der Waals surface area contributed by atoms with Gasteiger partial charge >= 0.3 is 0 Å². The predicted molar refractivity (Wildman–Crippen MR) is 86.8 cm³/mol. The Labute approximate surface area is 128 Å². The molecule has 0 spiro atoms. The van der Waals surface area contributed by atoms with Gasteiger partial charge in [0.1, 0.15) is 0 Å². The zero-order valence-electron chi connectivity index (χ0n) is 12.1. The van der Waals surface area contributed by atoms with Crippen molar-refractivity contribution in [2.45, 2.75) is 12.5 Å². The Hall–Kier alpha value is -2.59. The van der Waals surface area contributed by atoms with E-state index < -0.39 is 0 Å². The minimum absolute atomic E-state index is 0.0919. The average molecular weight is 294 g/mol. The SMILES string of the molecule is O=C(NC(CO)Cc1ccccc1)c1ccc2cc[nH]c2c1. The first-order valence-electron chi connectivity index (χ1n) is 7.29. The largest absolute Gasteiger partial charge is 0.394 e. The highest BCUT2D eigenvalue weighted by atomic mass is 16.3. The molecule has 4 nitrogen and oxygen atoms in total. The van der Waals surface area contributed by atoms with Gasteiger partial charge in [-0.2, -0.15) is 0 Å². The molecule has 4 heteroatoms. The molecular weight excluding hydrogens is 276 g/mol. The van der Waals surface area contributed by atoms with Crippen LogP contribution in [-0.2, 0) is 6.42 Å². The van der Waals surface area contributed by atoms with Crippen molar-refractivity contribution in [3.8, 4) is 0 Å². The van der Waals surface area contributed by atoms with Gasteiger partial charge in [-0.1, -0.05) is 36.4 Å². The van der Waals surface area contributed by atoms with Gasteiger partial charge in [0.15, 0.2) is 0 Å². The van der Waals surface area contributed by atoms with Gasteiger partial charge < -0.3 is 15.4 Å². The van der Waals surface area contributed by atoms with E-state index >= 15 is 0 Å². The van der Waals surface area contributed by atoms with Gasteiger partial charge in [-0.15, -0.1) is 0 Å². The van der Waals surface area contributed by atoms with Crippen LogP contribution in [0.15, 0.2) is 60.8 Å². The van der Waals surface area contributed by atoms with Gasteiger partial charge in [0.2, 0.25) is 0 Å². The van der Waals surface area contributed by atoms with E-state index in [1.807, 2.05) is 54.7 Å². The van der Waals surface area contributed by atoms with Crippen molar-refractivity contribution in [3.63, 3.8) is 0 Å². The highest BCUT2D eigenvalue weighted by molar-refractivity contribution is 5.98. The summed E-state index contributed by atoms with van der Waals surface area (Å²) >= 11 is 0. The quantitative estimate of drug-likeness (QED) is 0.677. The molecule has 1 atom stereocenters. The third-order valence-corrected chi connectivity index (χ3v) is 3.70. The summed E-state index contributed by atoms with van der Waals surface area (Å²) in [5.41, 5.74) is 2.60. The van der Waals surface area contributed by atoms with Crippen LogP contribution in [0.5, 0.6) is 0 Å². The first-order chi connectivity index (χ1) is 10.8. The lowest BCUT2D eigenvalue weighted by molar-refractivity contribution is 0.0916. The van der Waals surface area contributed by atoms with Gasteiger partial charge in [0.05, 0.1) is 12.6 Å². The van der Waals surface area contributed by atoms with Crippen LogP contribution in [0.2, 0.25) is 0 Å². The Kier molecular flexibility index (Phi) is 4.21. The van der Waals surface area contributed by atoms with Gasteiger partial charge in [-0.25, -0.2) is 0 Å². The summed E-state index contributed by atoms with van der Waals surface area (Å²) in [6.07, 6.45) is 2.45. The van der Waals surface area contributed by atoms with Crippen LogP contribution in [0, 0.1) is 0 Å². The number of rotatable bonds is 5. The first kappa shape index (κ1) is 14.4. The van der Waals surface area contributed by atoms with E-state index in [0.717, 1.165) is 16.5 Å². The van der Waals surface area contributed by atoms with Crippen LogP contribution < -0.4 is 5.32 Å². The zero-order valence-corrected chi connectivity index (χ0v) is 12.1. The number of fused-ring (bicyclic) bond motifs is 1. The molecule has 2 aromatic carbocycles. The third-order valence-electron chi connectivity index (χ3n) is 3.70. The zero-order chi connectivity index (χ0) is 15.4. The minimum Gasteiger partial charge on any atom is -0.394 e. The molecule has 0 fully saturated rings. The van der Waals surface area contributed by atoms with Crippen LogP contribution >= 0.6 is 0 Å². The van der Waals surface area contributed by atoms with Crippen LogP contribution in [-0.4, -0.2) is 28.6 Å². The van der Waals surface area contributed by atoms with E-state index in [9.17, 15) is 9.90 Å². The Morgan fingerprint density at radius 1 is 1.14 bits per heavy atom. The van der Waals surface area contributed by atoms with Crippen LogP contribution in [0.1, 0.15) is 15.9 Å². The molecule has 0 saturated carbocycles. The van der Waals surface area contributed by atoms with Crippen molar-refractivity contribution >= 4 is 16.8 Å². The van der Waals surface area contributed by atoms with Crippen LogP contribution in [0.3, 0.4) is 0 Å². The smallest absolute Gasteiger partial charge is 0.251 e. The third kappa shape index (κ3) is 3.18. The number of carbonyl (C=O) groups is 1. The first-order valence-corrected chi connectivity index (χ1v) is 7.29. The number of amides is 1. The number of benzene rings is 2. The van der Waals surface area contributed by atoms with E-state index in [1.165, 1.54) is 0 Å². The number of aliphatic hydroxyl groups excluding tert-OH is 1. The Bertz CT molecular complexity index is 765. The standard InChI is InChI=1S/C18H18N2O2/c21-12-16(10-13-4-2-1-3-5-13)20-18(22)15-7-6-14-8-9-19-17(14)11-15/h1-9,11,16,19,21H,10,12H2,(H,20,22). The summed E-state index contributed by atoms with van der Waals surface area (Å²) in [5, 5.41) is 13.5. The number of carbonyl (C=O) groups excluding carboxylic acids is 1. The maximum absolute atomic E-state index is 12.3. The Balaban J connectivity index is 1.71. The highest BCUT2D eigenvalue weighted by Crippen LogP contribution is 2.14. The van der Waals surface area contributed by atoms with E-state index in [0.29, 0.717) is 12.0 Å². The molecule has 1 aromatic heterocycles. The molecular formula is C18H18N2O2. The van der Waals surface area contributed by atoms with E-state index in [2.05, 4.69) is 10.3 Å². The average Bonchev–Trinajstić information content (AvgIpc) is 3.02. The number of nitrogens with one attached hydrogen (secondary N) is 2. The van der Waals surface area contributed by atoms with Gasteiger partial charge in [-0.05, 0) is 35.6 Å². The van der Waals surface area contributed by atoms with Crippen LogP contribution in [0.25, 0.3) is 10.9 Å². The summed E-state index contributed by atoms with van der Waals surface area (Å²) in [5.74, 6) is -0.175. The molecule has 3 rings (SSSR count). The van der Waals surface area contributed by atoms with Gasteiger partial charge in [-0.3, -0.25) is 4.79 Å². The van der Waals surface area contributed by atoms with E-state index in [-0.39, 0.29) is 18.6 Å². The fourth-order valence-electron chi connectivity index (χ4n) is 2.52. The lowest BCUT2D eigenvalue weighted by Crippen LogP contribution is -2.39. The van der Waals surface area contributed by atoms with Crippen molar-refractivity contribution in [1.82, 2.24) is 10.3 Å². The van der Waals surface area contributed by atoms with Crippen molar-refractivity contribution < 1.29 is 9.90 Å². The molecule has 0 radical (unpaired) electrons. The summed E-state index contributed by atoms with van der Waals surface area (Å²) in [6.45, 7) is -0.0919. The molecule has 1 heterocycles. The molecule has 112 valence electrons. The topological polar surface area (TPSA) is 65.1 Å². The predicted octanol–water partition coefficient (Wildman–Crippen LogP) is 2.50. The summed E-state index contributed by atoms with van der Waals surface area (Å²) < 4.78 is 0. The molecule has 3 aromatic rings. The second kappa shape index (κ2) is 6.45. The van der Waals surface area contributed by atoms with Crippen molar-refractivity contribution in [1.29, 1.82) is 0 Å². The fourth-order valence-corrected chi connectivity index (χ4v) is 2.52. The molecule has 22 heavy (non-hydrogen) atoms. The number of aromatic nitrogens is 1. The summed E-state index contributed by atoms with van der Waals surface area (Å²) in [4.78, 5) is 15.4. The Morgan fingerprint density at radius 2 is 1.95 bits per heavy atom. The molecule has 1 unspecified atom stereocenters. The lowest BCUT2D eigenvalue weighted by atomic mass is 10.1. The maximum atomic E-state index is 12.3. The maximum Gasteiger partial charge on any atom is 0.251 e. The monoisotopic (exact) mass is 294 g/mol. The van der Waals surface area contributed by atoms with E-state index in [1.54, 1.807) is 6.07 Å². The minimum atomic E-state index is -0.297. The highest BCUT2D eigenvalue weighted by Gasteiger charge is 2.14. The van der Waals surface area contributed by atoms with Gasteiger partial charge in [0.25, 0.3) is 5.91 Å². The number of hydrogen-bond acceptors (Lipinski definition) is 2. The van der Waals surface area contributed by atoms with Crippen molar-refractivity contribution in [2.24, 2.45) is 0 Å². The van der Waals surface area contributed by atoms with Crippen molar-refractivity contribution in [2.75, 3.05) is 6.61 Å². The van der Waals surface area contributed by atoms with Gasteiger partial charge in [0, 0.05) is 17.3 Å². The molecule has 0 aliphatic carbocycles. The summed E-state index contributed by atoms with van der Waals surface area (Å²) in [7, 11) is 0. The van der Waals surface area contributed by atoms with E-state index in [4.69, 9.17) is 0 Å². The number of hydrogen-bond donors (Lipinski definition) is 3. The molecule has 0 aliphatic rings. The summed E-state index contributed by atoms with van der Waals surface area (Å²) in [6, 6.07) is 17.0.